The Bertz CT molecular complexity index is 836. The van der Waals surface area contributed by atoms with Crippen LogP contribution in [0.2, 0.25) is 0 Å². The highest BCUT2D eigenvalue weighted by molar-refractivity contribution is 5.78. The average Bonchev–Trinajstić information content (AvgIpc) is 2.69. The molecular weight excluding hydrogens is 363 g/mol. The van der Waals surface area contributed by atoms with E-state index in [9.17, 15) is 19.3 Å². The molecule has 0 aliphatic carbocycles. The van der Waals surface area contributed by atoms with Gasteiger partial charge in [-0.25, -0.2) is 4.39 Å². The van der Waals surface area contributed by atoms with Gasteiger partial charge < -0.3 is 10.2 Å². The molecule has 0 bridgehead atoms. The van der Waals surface area contributed by atoms with Gasteiger partial charge in [0.25, 0.3) is 5.69 Å². The number of nitrogens with zero attached hydrogens (tertiary/aromatic N) is 3. The number of benzene rings is 2. The van der Waals surface area contributed by atoms with Crippen molar-refractivity contribution < 1.29 is 14.1 Å². The molecule has 0 aromatic heterocycles. The number of hydrogen-bond acceptors (Lipinski definition) is 5. The summed E-state index contributed by atoms with van der Waals surface area (Å²) in [5.74, 6) is -0.408. The van der Waals surface area contributed by atoms with Crippen LogP contribution in [0.15, 0.2) is 48.5 Å². The Labute approximate surface area is 162 Å². The lowest BCUT2D eigenvalue weighted by Crippen LogP contribution is -2.49. The Hall–Kier alpha value is -3.00. The van der Waals surface area contributed by atoms with Crippen molar-refractivity contribution in [3.05, 3.63) is 70.0 Å². The second kappa shape index (κ2) is 8.79. The van der Waals surface area contributed by atoms with Gasteiger partial charge in [-0.2, -0.15) is 0 Å². The van der Waals surface area contributed by atoms with Crippen molar-refractivity contribution in [1.29, 1.82) is 0 Å². The Morgan fingerprint density at radius 3 is 2.43 bits per heavy atom. The largest absolute Gasteiger partial charge is 0.363 e. The number of halogens is 1. The van der Waals surface area contributed by atoms with E-state index in [1.54, 1.807) is 30.3 Å². The summed E-state index contributed by atoms with van der Waals surface area (Å²) in [7, 11) is 0. The fourth-order valence-corrected chi connectivity index (χ4v) is 3.36. The molecule has 0 radical (unpaired) electrons. The van der Waals surface area contributed by atoms with Crippen molar-refractivity contribution in [1.82, 2.24) is 10.2 Å². The highest BCUT2D eigenvalue weighted by atomic mass is 19.1. The molecule has 1 aliphatic heterocycles. The van der Waals surface area contributed by atoms with Crippen molar-refractivity contribution in [2.75, 3.05) is 37.6 Å². The second-order valence-electron chi connectivity index (χ2n) is 6.85. The third-order valence-corrected chi connectivity index (χ3v) is 4.91. The molecule has 2 aromatic rings. The molecule has 8 heteroatoms. The topological polar surface area (TPSA) is 78.7 Å². The van der Waals surface area contributed by atoms with E-state index in [1.807, 2.05) is 16.7 Å². The lowest BCUT2D eigenvalue weighted by molar-refractivity contribution is -0.384. The molecule has 1 unspecified atom stereocenters. The van der Waals surface area contributed by atoms with E-state index >= 15 is 0 Å². The lowest BCUT2D eigenvalue weighted by Gasteiger charge is -2.35. The minimum Gasteiger partial charge on any atom is -0.363 e. The number of rotatable bonds is 6. The fourth-order valence-electron chi connectivity index (χ4n) is 3.36. The molecule has 3 rings (SSSR count). The first-order valence-corrected chi connectivity index (χ1v) is 9.19. The molecule has 1 atom stereocenters. The van der Waals surface area contributed by atoms with Gasteiger partial charge in [-0.1, -0.05) is 24.3 Å². The predicted molar refractivity (Wildman–Crippen MR) is 105 cm³/mol. The molecule has 0 saturated carbocycles. The van der Waals surface area contributed by atoms with Crippen LogP contribution in [0.3, 0.4) is 0 Å². The van der Waals surface area contributed by atoms with E-state index in [0.29, 0.717) is 31.9 Å². The number of carbonyl (C=O) groups excluding carboxylic acids is 1. The third-order valence-electron chi connectivity index (χ3n) is 4.91. The van der Waals surface area contributed by atoms with Crippen molar-refractivity contribution in [3.8, 4) is 0 Å². The van der Waals surface area contributed by atoms with Crippen LogP contribution in [-0.4, -0.2) is 48.5 Å². The van der Waals surface area contributed by atoms with Gasteiger partial charge in [-0.3, -0.25) is 19.8 Å². The molecule has 1 saturated heterocycles. The van der Waals surface area contributed by atoms with E-state index < -0.39 is 0 Å². The SMILES string of the molecule is CC(NC(=O)CN1CCN(c2ccccc2[N+](=O)[O-])CC1)c1ccc(F)cc1. The Morgan fingerprint density at radius 1 is 1.14 bits per heavy atom. The number of anilines is 1. The number of nitrogens with one attached hydrogen (secondary N) is 1. The zero-order valence-corrected chi connectivity index (χ0v) is 15.7. The van der Waals surface area contributed by atoms with Crippen molar-refractivity contribution in [2.45, 2.75) is 13.0 Å². The van der Waals surface area contributed by atoms with Crippen molar-refractivity contribution >= 4 is 17.3 Å². The van der Waals surface area contributed by atoms with Crippen LogP contribution in [0.25, 0.3) is 0 Å². The van der Waals surface area contributed by atoms with E-state index in [1.165, 1.54) is 18.2 Å². The summed E-state index contributed by atoms with van der Waals surface area (Å²) < 4.78 is 13.0. The first-order chi connectivity index (χ1) is 13.4. The Kier molecular flexibility index (Phi) is 6.20. The summed E-state index contributed by atoms with van der Waals surface area (Å²) in [6, 6.07) is 12.6. The highest BCUT2D eigenvalue weighted by Gasteiger charge is 2.24. The molecule has 2 aromatic carbocycles. The maximum Gasteiger partial charge on any atom is 0.292 e. The van der Waals surface area contributed by atoms with E-state index in [-0.39, 0.29) is 34.9 Å². The molecule has 28 heavy (non-hydrogen) atoms. The zero-order chi connectivity index (χ0) is 20.1. The molecule has 1 aliphatic rings. The smallest absolute Gasteiger partial charge is 0.292 e. The molecule has 1 heterocycles. The maximum absolute atomic E-state index is 13.0. The Balaban J connectivity index is 1.51. The van der Waals surface area contributed by atoms with Crippen LogP contribution in [0.4, 0.5) is 15.8 Å². The first-order valence-electron chi connectivity index (χ1n) is 9.19. The van der Waals surface area contributed by atoms with Gasteiger partial charge in [0.15, 0.2) is 0 Å². The number of para-hydroxylation sites is 2. The minimum atomic E-state index is -0.369. The third kappa shape index (κ3) is 4.83. The van der Waals surface area contributed by atoms with E-state index in [0.717, 1.165) is 5.56 Å². The van der Waals surface area contributed by atoms with Gasteiger partial charge in [0.1, 0.15) is 11.5 Å². The summed E-state index contributed by atoms with van der Waals surface area (Å²) in [6.07, 6.45) is 0. The monoisotopic (exact) mass is 386 g/mol. The quantitative estimate of drug-likeness (QED) is 0.610. The van der Waals surface area contributed by atoms with Gasteiger partial charge in [0.05, 0.1) is 17.5 Å². The molecular formula is C20H23FN4O3. The average molecular weight is 386 g/mol. The standard InChI is InChI=1S/C20H23FN4O3/c1-15(16-6-8-17(21)9-7-16)22-20(26)14-23-10-12-24(13-11-23)18-4-2-3-5-19(18)25(27)28/h2-9,15H,10-14H2,1H3,(H,22,26). The Morgan fingerprint density at radius 2 is 1.79 bits per heavy atom. The van der Waals surface area contributed by atoms with Gasteiger partial charge in [-0.05, 0) is 30.7 Å². The second-order valence-corrected chi connectivity index (χ2v) is 6.85. The predicted octanol–water partition coefficient (Wildman–Crippen LogP) is 2.73. The summed E-state index contributed by atoms with van der Waals surface area (Å²) >= 11 is 0. The number of piperazine rings is 1. The van der Waals surface area contributed by atoms with Crippen LogP contribution in [0.5, 0.6) is 0 Å². The summed E-state index contributed by atoms with van der Waals surface area (Å²) in [4.78, 5) is 27.2. The van der Waals surface area contributed by atoms with Crippen molar-refractivity contribution in [3.63, 3.8) is 0 Å². The normalized spacial score (nSPS) is 15.9. The molecule has 0 spiro atoms. The molecule has 1 N–H and O–H groups in total. The molecule has 1 amide bonds. The van der Waals surface area contributed by atoms with Gasteiger partial charge in [-0.15, -0.1) is 0 Å². The summed E-state index contributed by atoms with van der Waals surface area (Å²) in [5.41, 5.74) is 1.55. The summed E-state index contributed by atoms with van der Waals surface area (Å²) in [6.45, 7) is 4.64. The first kappa shape index (κ1) is 19.8. The molecule has 148 valence electrons. The summed E-state index contributed by atoms with van der Waals surface area (Å²) in [5, 5.41) is 14.1. The molecule has 1 fully saturated rings. The number of nitro groups is 1. The van der Waals surface area contributed by atoms with Crippen LogP contribution in [-0.2, 0) is 4.79 Å². The number of hydrogen-bond donors (Lipinski definition) is 1. The number of carbonyl (C=O) groups is 1. The van der Waals surface area contributed by atoms with E-state index in [4.69, 9.17) is 0 Å². The van der Waals surface area contributed by atoms with E-state index in [2.05, 4.69) is 5.32 Å². The lowest BCUT2D eigenvalue weighted by atomic mass is 10.1. The highest BCUT2D eigenvalue weighted by Crippen LogP contribution is 2.28. The van der Waals surface area contributed by atoms with Crippen molar-refractivity contribution in [2.24, 2.45) is 0 Å². The number of amides is 1. The van der Waals surface area contributed by atoms with Gasteiger partial charge in [0, 0.05) is 32.2 Å². The molecule has 7 nitrogen and oxygen atoms in total. The maximum atomic E-state index is 13.0. The van der Waals surface area contributed by atoms with Gasteiger partial charge >= 0.3 is 0 Å². The fraction of sp³-hybridized carbons (Fsp3) is 0.350. The number of nitro benzene ring substituents is 1. The van der Waals surface area contributed by atoms with Crippen LogP contribution in [0.1, 0.15) is 18.5 Å². The van der Waals surface area contributed by atoms with Crippen LogP contribution >= 0.6 is 0 Å². The minimum absolute atomic E-state index is 0.0989. The zero-order valence-electron chi connectivity index (χ0n) is 15.7. The van der Waals surface area contributed by atoms with Crippen LogP contribution in [0, 0.1) is 15.9 Å². The van der Waals surface area contributed by atoms with Gasteiger partial charge in [0.2, 0.25) is 5.91 Å². The van der Waals surface area contributed by atoms with Crippen LogP contribution < -0.4 is 10.2 Å².